The summed E-state index contributed by atoms with van der Waals surface area (Å²) >= 11 is 0. The van der Waals surface area contributed by atoms with Crippen molar-refractivity contribution < 1.29 is 4.79 Å². The summed E-state index contributed by atoms with van der Waals surface area (Å²) in [4.78, 5) is 23.7. The zero-order valence-corrected chi connectivity index (χ0v) is 20.5. The van der Waals surface area contributed by atoms with Crippen molar-refractivity contribution in [3.8, 4) is 17.1 Å². The van der Waals surface area contributed by atoms with E-state index in [9.17, 15) is 4.79 Å². The summed E-state index contributed by atoms with van der Waals surface area (Å²) in [6, 6.07) is 14.7. The van der Waals surface area contributed by atoms with Gasteiger partial charge in [-0.2, -0.15) is 14.9 Å². The van der Waals surface area contributed by atoms with Gasteiger partial charge in [-0.1, -0.05) is 31.2 Å². The Hall–Kier alpha value is -4.78. The number of hydrogen-bond acceptors (Lipinski definition) is 10. The third-order valence-corrected chi connectivity index (χ3v) is 5.90. The van der Waals surface area contributed by atoms with Crippen molar-refractivity contribution in [3.63, 3.8) is 0 Å². The number of aromatic amines is 1. The van der Waals surface area contributed by atoms with Crippen molar-refractivity contribution >= 4 is 28.7 Å². The average molecular weight is 499 g/mol. The van der Waals surface area contributed by atoms with Crippen LogP contribution in [-0.2, 0) is 0 Å². The quantitative estimate of drug-likeness (QED) is 0.261. The Balaban J connectivity index is 1.31. The lowest BCUT2D eigenvalue weighted by molar-refractivity contribution is 0.0949. The molecule has 0 fully saturated rings. The summed E-state index contributed by atoms with van der Waals surface area (Å²) in [6.07, 6.45) is 1.61. The summed E-state index contributed by atoms with van der Waals surface area (Å²) in [5.41, 5.74) is 3.94. The third kappa shape index (κ3) is 5.41. The Morgan fingerprint density at radius 2 is 1.92 bits per heavy atom. The monoisotopic (exact) mass is 498 g/mol. The fourth-order valence-electron chi connectivity index (χ4n) is 3.83. The van der Waals surface area contributed by atoms with Gasteiger partial charge in [0.05, 0.1) is 11.9 Å². The zero-order chi connectivity index (χ0) is 25.6. The number of aromatic nitrogens is 9. The second-order valence-corrected chi connectivity index (χ2v) is 8.17. The maximum absolute atomic E-state index is 12.5. The van der Waals surface area contributed by atoms with E-state index in [-0.39, 0.29) is 5.91 Å². The van der Waals surface area contributed by atoms with E-state index in [1.54, 1.807) is 23.0 Å². The molecule has 0 unspecified atom stereocenters. The summed E-state index contributed by atoms with van der Waals surface area (Å²) in [6.45, 7) is 7.55. The molecule has 37 heavy (non-hydrogen) atoms. The number of carbonyl (C=O) groups is 1. The molecule has 5 rings (SSSR count). The Labute approximate surface area is 212 Å². The first-order valence-electron chi connectivity index (χ1n) is 11.9. The van der Waals surface area contributed by atoms with Crippen LogP contribution in [0.1, 0.15) is 24.2 Å². The van der Waals surface area contributed by atoms with E-state index in [1.807, 2.05) is 36.4 Å². The lowest BCUT2D eigenvalue weighted by atomic mass is 10.2. The van der Waals surface area contributed by atoms with Crippen molar-refractivity contribution in [2.45, 2.75) is 13.8 Å². The first kappa shape index (κ1) is 23.9. The molecule has 1 amide bonds. The molecule has 188 valence electrons. The fourth-order valence-corrected chi connectivity index (χ4v) is 3.83. The highest BCUT2D eigenvalue weighted by Gasteiger charge is 2.13. The molecule has 0 saturated heterocycles. The van der Waals surface area contributed by atoms with Crippen molar-refractivity contribution in [2.75, 3.05) is 31.5 Å². The molecule has 5 aromatic rings. The highest BCUT2D eigenvalue weighted by atomic mass is 16.1. The van der Waals surface area contributed by atoms with Crippen molar-refractivity contribution in [1.29, 1.82) is 0 Å². The molecule has 13 heteroatoms. The number of nitrogens with one attached hydrogen (secondary N) is 3. The third-order valence-electron chi connectivity index (χ3n) is 5.90. The van der Waals surface area contributed by atoms with Gasteiger partial charge < -0.3 is 15.5 Å². The number of amides is 1. The molecule has 0 aliphatic rings. The molecule has 3 heterocycles. The number of carbonyl (C=O) groups excluding carboxylic acids is 1. The standard InChI is InChI=1S/C24H26N12O/c1-3-35(4-2)13-12-25-23(37)16-8-10-19(11-9-16)36-22-20(29-34-36)15-26-24(28-22)27-18-7-5-6-17(14-18)21-30-32-33-31-21/h5-11,14-15H,3-4,12-13H2,1-2H3,(H,25,37)(H,26,27,28)(H,30,31,32,33). The van der Waals surface area contributed by atoms with Crippen LogP contribution in [0.5, 0.6) is 0 Å². The Bertz CT molecular complexity index is 1480. The molecule has 3 aromatic heterocycles. The van der Waals surface area contributed by atoms with Gasteiger partial charge in [-0.05, 0) is 54.7 Å². The molecule has 13 nitrogen and oxygen atoms in total. The van der Waals surface area contributed by atoms with E-state index in [2.05, 4.69) is 70.3 Å². The number of anilines is 2. The van der Waals surface area contributed by atoms with Crippen LogP contribution in [0.4, 0.5) is 11.6 Å². The summed E-state index contributed by atoms with van der Waals surface area (Å²) in [7, 11) is 0. The molecule has 0 aliphatic carbocycles. The van der Waals surface area contributed by atoms with Crippen LogP contribution in [0.3, 0.4) is 0 Å². The van der Waals surface area contributed by atoms with Crippen LogP contribution in [0.2, 0.25) is 0 Å². The second kappa shape index (κ2) is 10.9. The number of rotatable bonds is 10. The first-order chi connectivity index (χ1) is 18.1. The van der Waals surface area contributed by atoms with Crippen LogP contribution < -0.4 is 10.6 Å². The zero-order valence-electron chi connectivity index (χ0n) is 20.5. The van der Waals surface area contributed by atoms with E-state index in [0.717, 1.165) is 36.6 Å². The molecule has 0 radical (unpaired) electrons. The van der Waals surface area contributed by atoms with Gasteiger partial charge in [-0.3, -0.25) is 4.79 Å². The summed E-state index contributed by atoms with van der Waals surface area (Å²) in [5, 5.41) is 28.6. The highest BCUT2D eigenvalue weighted by molar-refractivity contribution is 5.94. The van der Waals surface area contributed by atoms with Gasteiger partial charge in [0.1, 0.15) is 0 Å². The number of H-pyrrole nitrogens is 1. The van der Waals surface area contributed by atoms with E-state index >= 15 is 0 Å². The number of fused-ring (bicyclic) bond motifs is 1. The van der Waals surface area contributed by atoms with Crippen LogP contribution >= 0.6 is 0 Å². The van der Waals surface area contributed by atoms with Gasteiger partial charge in [0.15, 0.2) is 11.2 Å². The lowest BCUT2D eigenvalue weighted by Gasteiger charge is -2.17. The predicted octanol–water partition coefficient (Wildman–Crippen LogP) is 2.21. The van der Waals surface area contributed by atoms with Crippen molar-refractivity contribution in [1.82, 2.24) is 55.8 Å². The number of nitrogens with zero attached hydrogens (tertiary/aromatic N) is 9. The minimum atomic E-state index is -0.112. The van der Waals surface area contributed by atoms with Gasteiger partial charge in [-0.15, -0.1) is 15.3 Å². The van der Waals surface area contributed by atoms with Crippen LogP contribution in [0.25, 0.3) is 28.2 Å². The average Bonchev–Trinajstić information content (AvgIpc) is 3.62. The Kier molecular flexibility index (Phi) is 7.03. The smallest absolute Gasteiger partial charge is 0.251 e. The molecule has 0 bridgehead atoms. The van der Waals surface area contributed by atoms with Crippen LogP contribution in [0, 0.1) is 0 Å². The number of likely N-dealkylation sites (N-methyl/N-ethyl adjacent to an activating group) is 1. The number of hydrogen-bond donors (Lipinski definition) is 3. The molecular weight excluding hydrogens is 472 g/mol. The van der Waals surface area contributed by atoms with Gasteiger partial charge >= 0.3 is 0 Å². The summed E-state index contributed by atoms with van der Waals surface area (Å²) in [5.74, 6) is 0.757. The SMILES string of the molecule is CCN(CC)CCNC(=O)c1ccc(-n2nnc3cnc(Nc4cccc(-c5nn[nH]n5)c4)nc32)cc1. The predicted molar refractivity (Wildman–Crippen MR) is 137 cm³/mol. The number of tetrazole rings is 1. The first-order valence-corrected chi connectivity index (χ1v) is 11.9. The van der Waals surface area contributed by atoms with E-state index in [4.69, 9.17) is 0 Å². The molecular formula is C24H26N12O. The topological polar surface area (TPSA) is 155 Å². The van der Waals surface area contributed by atoms with Crippen molar-refractivity contribution in [3.05, 3.63) is 60.3 Å². The van der Waals surface area contributed by atoms with Gasteiger partial charge in [0.2, 0.25) is 11.8 Å². The molecule has 0 saturated carbocycles. The second-order valence-electron chi connectivity index (χ2n) is 8.17. The Morgan fingerprint density at radius 1 is 1.08 bits per heavy atom. The van der Waals surface area contributed by atoms with Gasteiger partial charge in [0.25, 0.3) is 5.91 Å². The minimum absolute atomic E-state index is 0.112. The summed E-state index contributed by atoms with van der Waals surface area (Å²) < 4.78 is 1.61. The highest BCUT2D eigenvalue weighted by Crippen LogP contribution is 2.22. The van der Waals surface area contributed by atoms with E-state index in [0.29, 0.717) is 35.0 Å². The minimum Gasteiger partial charge on any atom is -0.351 e. The molecule has 0 atom stereocenters. The van der Waals surface area contributed by atoms with Crippen LogP contribution in [0.15, 0.2) is 54.7 Å². The number of benzene rings is 2. The maximum Gasteiger partial charge on any atom is 0.251 e. The van der Waals surface area contributed by atoms with E-state index in [1.165, 1.54) is 0 Å². The maximum atomic E-state index is 12.5. The molecule has 2 aromatic carbocycles. The molecule has 3 N–H and O–H groups in total. The van der Waals surface area contributed by atoms with Gasteiger partial charge in [0, 0.05) is 29.9 Å². The largest absolute Gasteiger partial charge is 0.351 e. The fraction of sp³-hybridized carbons (Fsp3) is 0.250. The van der Waals surface area contributed by atoms with E-state index < -0.39 is 0 Å². The molecule has 0 aliphatic heterocycles. The Morgan fingerprint density at radius 3 is 2.68 bits per heavy atom. The normalized spacial score (nSPS) is 11.2. The van der Waals surface area contributed by atoms with Crippen LogP contribution in [-0.4, -0.2) is 82.6 Å². The molecule has 0 spiro atoms. The lowest BCUT2D eigenvalue weighted by Crippen LogP contribution is -2.34. The van der Waals surface area contributed by atoms with Crippen molar-refractivity contribution in [2.24, 2.45) is 0 Å². The van der Waals surface area contributed by atoms with Gasteiger partial charge in [-0.25, -0.2) is 4.98 Å².